The monoisotopic (exact) mass is 254 g/mol. The predicted octanol–water partition coefficient (Wildman–Crippen LogP) is 3.67. The zero-order chi connectivity index (χ0) is 14.1. The average Bonchev–Trinajstić information content (AvgIpc) is 2.26. The van der Waals surface area contributed by atoms with Crippen molar-refractivity contribution in [1.29, 1.82) is 0 Å². The molecule has 0 aromatic carbocycles. The van der Waals surface area contributed by atoms with Crippen LogP contribution in [0.2, 0.25) is 0 Å². The van der Waals surface area contributed by atoms with Crippen LogP contribution >= 0.6 is 0 Å². The molecule has 0 aliphatic heterocycles. The van der Waals surface area contributed by atoms with E-state index in [0.29, 0.717) is 12.8 Å². The Morgan fingerprint density at radius 2 is 1.83 bits per heavy atom. The van der Waals surface area contributed by atoms with Crippen LogP contribution < -0.4 is 0 Å². The first-order valence-electron chi connectivity index (χ1n) is 6.70. The summed E-state index contributed by atoms with van der Waals surface area (Å²) in [6.07, 6.45) is 4.70. The van der Waals surface area contributed by atoms with Crippen LogP contribution in [0, 0.1) is 5.92 Å². The predicted molar refractivity (Wildman–Crippen MR) is 73.3 cm³/mol. The number of ether oxygens (including phenoxy) is 1. The van der Waals surface area contributed by atoms with Gasteiger partial charge in [-0.2, -0.15) is 0 Å². The molecule has 0 aromatic rings. The summed E-state index contributed by atoms with van der Waals surface area (Å²) in [5, 5.41) is 0. The van der Waals surface area contributed by atoms with Crippen molar-refractivity contribution in [2.45, 2.75) is 66.4 Å². The number of carbonyl (C=O) groups is 2. The molecular formula is C15H26O3. The quantitative estimate of drug-likeness (QED) is 0.490. The van der Waals surface area contributed by atoms with Crippen molar-refractivity contribution < 1.29 is 14.3 Å². The van der Waals surface area contributed by atoms with Crippen molar-refractivity contribution in [3.05, 3.63) is 11.6 Å². The van der Waals surface area contributed by atoms with E-state index in [0.717, 1.165) is 12.8 Å². The van der Waals surface area contributed by atoms with Gasteiger partial charge >= 0.3 is 5.97 Å². The summed E-state index contributed by atoms with van der Waals surface area (Å²) in [6.45, 7) is 9.36. The first-order valence-corrected chi connectivity index (χ1v) is 6.70. The normalized spacial score (nSPS) is 13.6. The summed E-state index contributed by atoms with van der Waals surface area (Å²) < 4.78 is 5.09. The number of rotatable bonds is 8. The van der Waals surface area contributed by atoms with Crippen LogP contribution in [0.1, 0.15) is 60.3 Å². The lowest BCUT2D eigenvalue weighted by atomic mass is 9.95. The van der Waals surface area contributed by atoms with E-state index in [4.69, 9.17) is 4.74 Å². The van der Waals surface area contributed by atoms with Gasteiger partial charge in [0.2, 0.25) is 0 Å². The number of esters is 1. The van der Waals surface area contributed by atoms with E-state index in [-0.39, 0.29) is 23.8 Å². The Bertz CT molecular complexity index is 301. The van der Waals surface area contributed by atoms with Gasteiger partial charge in [-0.25, -0.2) is 0 Å². The molecule has 0 aliphatic carbocycles. The highest BCUT2D eigenvalue weighted by molar-refractivity contribution is 5.81. The lowest BCUT2D eigenvalue weighted by Crippen LogP contribution is -2.23. The lowest BCUT2D eigenvalue weighted by molar-refractivity contribution is -0.148. The average molecular weight is 254 g/mol. The van der Waals surface area contributed by atoms with Gasteiger partial charge in [-0.05, 0) is 33.1 Å². The van der Waals surface area contributed by atoms with E-state index in [1.54, 1.807) is 0 Å². The molecule has 3 heteroatoms. The first-order chi connectivity index (χ1) is 8.36. The molecule has 0 heterocycles. The smallest absolute Gasteiger partial charge is 0.302 e. The summed E-state index contributed by atoms with van der Waals surface area (Å²) in [4.78, 5) is 22.8. The minimum absolute atomic E-state index is 0.0326. The third-order valence-corrected chi connectivity index (χ3v) is 2.92. The van der Waals surface area contributed by atoms with Crippen molar-refractivity contribution in [3.8, 4) is 0 Å². The second-order valence-electron chi connectivity index (χ2n) is 5.07. The van der Waals surface area contributed by atoms with Gasteiger partial charge < -0.3 is 4.74 Å². The molecule has 0 radical (unpaired) electrons. The molecule has 0 saturated carbocycles. The SMILES string of the molecule is CCC(CC(=O)C(C)CCC=C(C)C)OC(C)=O. The van der Waals surface area contributed by atoms with Crippen molar-refractivity contribution in [2.75, 3.05) is 0 Å². The van der Waals surface area contributed by atoms with Gasteiger partial charge in [-0.15, -0.1) is 0 Å². The first kappa shape index (κ1) is 16.9. The second-order valence-corrected chi connectivity index (χ2v) is 5.07. The zero-order valence-electron chi connectivity index (χ0n) is 12.3. The fourth-order valence-corrected chi connectivity index (χ4v) is 1.71. The van der Waals surface area contributed by atoms with Crippen LogP contribution in [-0.4, -0.2) is 17.9 Å². The van der Waals surface area contributed by atoms with E-state index >= 15 is 0 Å². The topological polar surface area (TPSA) is 43.4 Å². The zero-order valence-corrected chi connectivity index (χ0v) is 12.3. The molecule has 2 unspecified atom stereocenters. The highest BCUT2D eigenvalue weighted by atomic mass is 16.5. The maximum Gasteiger partial charge on any atom is 0.302 e. The van der Waals surface area contributed by atoms with Crippen LogP contribution in [-0.2, 0) is 14.3 Å². The van der Waals surface area contributed by atoms with Gasteiger partial charge in [0.05, 0.1) is 0 Å². The Morgan fingerprint density at radius 1 is 1.22 bits per heavy atom. The molecule has 104 valence electrons. The van der Waals surface area contributed by atoms with E-state index in [1.165, 1.54) is 12.5 Å². The molecule has 18 heavy (non-hydrogen) atoms. The summed E-state index contributed by atoms with van der Waals surface area (Å²) >= 11 is 0. The van der Waals surface area contributed by atoms with Crippen LogP contribution in [0.15, 0.2) is 11.6 Å². The molecule has 0 spiro atoms. The third kappa shape index (κ3) is 8.04. The maximum atomic E-state index is 12.0. The van der Waals surface area contributed by atoms with Crippen molar-refractivity contribution >= 4 is 11.8 Å². The molecule has 0 aliphatic rings. The molecule has 0 amide bonds. The highest BCUT2D eigenvalue weighted by Crippen LogP contribution is 2.14. The van der Waals surface area contributed by atoms with Crippen LogP contribution in [0.5, 0.6) is 0 Å². The highest BCUT2D eigenvalue weighted by Gasteiger charge is 2.19. The van der Waals surface area contributed by atoms with E-state index in [1.807, 2.05) is 13.8 Å². The molecule has 3 nitrogen and oxygen atoms in total. The van der Waals surface area contributed by atoms with Crippen molar-refractivity contribution in [3.63, 3.8) is 0 Å². The van der Waals surface area contributed by atoms with E-state index in [2.05, 4.69) is 19.9 Å². The van der Waals surface area contributed by atoms with Gasteiger partial charge in [0.25, 0.3) is 0 Å². The molecule has 0 saturated heterocycles. The molecule has 2 atom stereocenters. The van der Waals surface area contributed by atoms with Gasteiger partial charge in [0.15, 0.2) is 0 Å². The molecular weight excluding hydrogens is 228 g/mol. The van der Waals surface area contributed by atoms with Crippen molar-refractivity contribution in [2.24, 2.45) is 5.92 Å². The Hall–Kier alpha value is -1.12. The van der Waals surface area contributed by atoms with E-state index < -0.39 is 0 Å². The summed E-state index contributed by atoms with van der Waals surface area (Å²) in [5.41, 5.74) is 1.28. The molecule has 0 N–H and O–H groups in total. The fourth-order valence-electron chi connectivity index (χ4n) is 1.71. The van der Waals surface area contributed by atoms with Crippen LogP contribution in [0.25, 0.3) is 0 Å². The van der Waals surface area contributed by atoms with Crippen LogP contribution in [0.4, 0.5) is 0 Å². The molecule has 0 fully saturated rings. The number of Topliss-reactive ketones (excluding diaryl/α,β-unsaturated/α-hetero) is 1. The third-order valence-electron chi connectivity index (χ3n) is 2.92. The van der Waals surface area contributed by atoms with Gasteiger partial charge in [-0.3, -0.25) is 9.59 Å². The number of hydrogen-bond acceptors (Lipinski definition) is 3. The molecule has 0 aromatic heterocycles. The number of carbonyl (C=O) groups excluding carboxylic acids is 2. The minimum Gasteiger partial charge on any atom is -0.462 e. The lowest BCUT2D eigenvalue weighted by Gasteiger charge is -2.16. The summed E-state index contributed by atoms with van der Waals surface area (Å²) in [5.74, 6) is -0.0951. The number of ketones is 1. The van der Waals surface area contributed by atoms with Gasteiger partial charge in [0, 0.05) is 19.3 Å². The van der Waals surface area contributed by atoms with Gasteiger partial charge in [-0.1, -0.05) is 25.5 Å². The Labute approximate surface area is 111 Å². The van der Waals surface area contributed by atoms with Gasteiger partial charge in [0.1, 0.15) is 11.9 Å². The maximum absolute atomic E-state index is 12.0. The second kappa shape index (κ2) is 8.90. The Morgan fingerprint density at radius 3 is 2.28 bits per heavy atom. The Balaban J connectivity index is 4.12. The summed E-state index contributed by atoms with van der Waals surface area (Å²) in [6, 6.07) is 0. The van der Waals surface area contributed by atoms with Crippen molar-refractivity contribution in [1.82, 2.24) is 0 Å². The molecule has 0 rings (SSSR count). The number of hydrogen-bond donors (Lipinski definition) is 0. The molecule has 0 bridgehead atoms. The van der Waals surface area contributed by atoms with Crippen LogP contribution in [0.3, 0.4) is 0 Å². The standard InChI is InChI=1S/C15H26O3/c1-6-14(18-13(5)16)10-15(17)12(4)9-7-8-11(2)3/h8,12,14H,6-7,9-10H2,1-5H3. The fraction of sp³-hybridized carbons (Fsp3) is 0.733. The minimum atomic E-state index is -0.313. The van der Waals surface area contributed by atoms with E-state index in [9.17, 15) is 9.59 Å². The number of allylic oxidation sites excluding steroid dienone is 2. The summed E-state index contributed by atoms with van der Waals surface area (Å²) in [7, 11) is 0. The largest absolute Gasteiger partial charge is 0.462 e. The Kier molecular flexibility index (Phi) is 8.34.